The van der Waals surface area contributed by atoms with Crippen LogP contribution in [0.5, 0.6) is 0 Å². The molecule has 2 fully saturated rings. The third-order valence-electron chi connectivity index (χ3n) is 4.91. The molecule has 2 aromatic rings. The highest BCUT2D eigenvalue weighted by Gasteiger charge is 2.42. The van der Waals surface area contributed by atoms with E-state index in [-0.39, 0.29) is 12.1 Å². The van der Waals surface area contributed by atoms with Crippen molar-refractivity contribution in [3.63, 3.8) is 0 Å². The van der Waals surface area contributed by atoms with Gasteiger partial charge >= 0.3 is 5.97 Å². The Hall–Kier alpha value is -1.69. The Morgan fingerprint density at radius 1 is 1.43 bits per heavy atom. The Kier molecular flexibility index (Phi) is 3.93. The van der Waals surface area contributed by atoms with Crippen molar-refractivity contribution in [1.29, 1.82) is 0 Å². The molecule has 122 valence electrons. The lowest BCUT2D eigenvalue weighted by Gasteiger charge is -2.21. The summed E-state index contributed by atoms with van der Waals surface area (Å²) in [6.45, 7) is 0. The molecule has 0 radical (unpaired) electrons. The number of ether oxygens (including phenoxy) is 1. The molecule has 0 aliphatic heterocycles. The molecule has 2 heterocycles. The molecule has 23 heavy (non-hydrogen) atoms. The first-order valence-corrected chi connectivity index (χ1v) is 9.07. The van der Waals surface area contributed by atoms with Gasteiger partial charge < -0.3 is 13.7 Å². The highest BCUT2D eigenvalue weighted by Crippen LogP contribution is 2.46. The molecule has 2 aromatic heterocycles. The number of aryl methyl sites for hydroxylation is 1. The normalized spacial score (nSPS) is 25.9. The first kappa shape index (κ1) is 14.9. The van der Waals surface area contributed by atoms with E-state index in [1.54, 1.807) is 24.0 Å². The lowest BCUT2D eigenvalue weighted by molar-refractivity contribution is 0.0124. The van der Waals surface area contributed by atoms with Gasteiger partial charge in [-0.15, -0.1) is 0 Å². The summed E-state index contributed by atoms with van der Waals surface area (Å²) in [4.78, 5) is 16.5. The second-order valence-corrected chi connectivity index (χ2v) is 7.44. The van der Waals surface area contributed by atoms with Gasteiger partial charge in [-0.1, -0.05) is 11.8 Å². The van der Waals surface area contributed by atoms with E-state index in [0.717, 1.165) is 23.3 Å². The van der Waals surface area contributed by atoms with Crippen LogP contribution in [0, 0.1) is 11.8 Å². The van der Waals surface area contributed by atoms with E-state index in [1.165, 1.54) is 19.3 Å². The number of esters is 1. The second kappa shape index (κ2) is 6.07. The summed E-state index contributed by atoms with van der Waals surface area (Å²) >= 11 is 1.58. The van der Waals surface area contributed by atoms with E-state index >= 15 is 0 Å². The average molecular weight is 332 g/mol. The summed E-state index contributed by atoms with van der Waals surface area (Å²) in [5.41, 5.74) is 0. The number of nitrogens with zero attached hydrogens (tertiary/aromatic N) is 2. The van der Waals surface area contributed by atoms with Gasteiger partial charge in [0.2, 0.25) is 5.76 Å². The van der Waals surface area contributed by atoms with E-state index in [2.05, 4.69) is 4.98 Å². The maximum atomic E-state index is 12.2. The van der Waals surface area contributed by atoms with Crippen LogP contribution in [0.25, 0.3) is 0 Å². The third-order valence-corrected chi connectivity index (χ3v) is 6.00. The first-order chi connectivity index (χ1) is 11.2. The standard InChI is InChI=1S/C17H20N2O3S/c1-19-7-6-18-17(19)23-10-13-4-5-14(21-13)16(20)22-15-9-11-2-3-12(15)8-11/h4-7,11-12,15H,2-3,8-10H2,1H3/t11-,12-,15+/m0/s1. The van der Waals surface area contributed by atoms with Crippen molar-refractivity contribution in [2.75, 3.05) is 0 Å². The Bertz CT molecular complexity index is 708. The van der Waals surface area contributed by atoms with Crippen LogP contribution in [0.4, 0.5) is 0 Å². The number of carbonyl (C=O) groups is 1. The number of hydrogen-bond donors (Lipinski definition) is 0. The van der Waals surface area contributed by atoms with Crippen molar-refractivity contribution in [3.05, 3.63) is 36.0 Å². The minimum absolute atomic E-state index is 0.0942. The molecule has 2 bridgehead atoms. The van der Waals surface area contributed by atoms with Gasteiger partial charge in [0.25, 0.3) is 0 Å². The van der Waals surface area contributed by atoms with Gasteiger partial charge in [-0.05, 0) is 49.7 Å². The van der Waals surface area contributed by atoms with Crippen LogP contribution in [0.15, 0.2) is 34.1 Å². The number of fused-ring (bicyclic) bond motifs is 2. The zero-order chi connectivity index (χ0) is 15.8. The lowest BCUT2D eigenvalue weighted by Crippen LogP contribution is -2.23. The molecule has 2 saturated carbocycles. The van der Waals surface area contributed by atoms with E-state index in [9.17, 15) is 4.79 Å². The Morgan fingerprint density at radius 3 is 3.04 bits per heavy atom. The highest BCUT2D eigenvalue weighted by atomic mass is 32.2. The number of hydrogen-bond acceptors (Lipinski definition) is 5. The minimum atomic E-state index is -0.323. The smallest absolute Gasteiger partial charge is 0.374 e. The maximum absolute atomic E-state index is 12.2. The van der Waals surface area contributed by atoms with Crippen LogP contribution in [-0.4, -0.2) is 21.6 Å². The number of carbonyl (C=O) groups excluding carboxylic acids is 1. The average Bonchev–Trinajstić information content (AvgIpc) is 3.30. The molecular weight excluding hydrogens is 312 g/mol. The number of aromatic nitrogens is 2. The van der Waals surface area contributed by atoms with Gasteiger partial charge in [0.05, 0.1) is 5.75 Å². The summed E-state index contributed by atoms with van der Waals surface area (Å²) in [6.07, 6.45) is 8.52. The van der Waals surface area contributed by atoms with Crippen molar-refractivity contribution in [3.8, 4) is 0 Å². The highest BCUT2D eigenvalue weighted by molar-refractivity contribution is 7.98. The van der Waals surface area contributed by atoms with Gasteiger partial charge in [-0.25, -0.2) is 9.78 Å². The van der Waals surface area contributed by atoms with Gasteiger partial charge in [-0.2, -0.15) is 0 Å². The van der Waals surface area contributed by atoms with Gasteiger partial charge in [0.15, 0.2) is 5.16 Å². The number of rotatable bonds is 5. The van der Waals surface area contributed by atoms with E-state index in [1.807, 2.05) is 23.9 Å². The molecule has 5 nitrogen and oxygen atoms in total. The lowest BCUT2D eigenvalue weighted by atomic mass is 9.98. The van der Waals surface area contributed by atoms with E-state index in [4.69, 9.17) is 9.15 Å². The predicted molar refractivity (Wildman–Crippen MR) is 86.1 cm³/mol. The second-order valence-electron chi connectivity index (χ2n) is 6.49. The zero-order valence-electron chi connectivity index (χ0n) is 13.1. The Morgan fingerprint density at radius 2 is 2.35 bits per heavy atom. The van der Waals surface area contributed by atoms with Crippen molar-refractivity contribution in [2.24, 2.45) is 18.9 Å². The van der Waals surface area contributed by atoms with Crippen LogP contribution in [0.1, 0.15) is 42.0 Å². The number of imidazole rings is 1. The van der Waals surface area contributed by atoms with Crippen LogP contribution < -0.4 is 0 Å². The third kappa shape index (κ3) is 3.04. The molecule has 2 aliphatic carbocycles. The van der Waals surface area contributed by atoms with E-state index < -0.39 is 0 Å². The summed E-state index contributed by atoms with van der Waals surface area (Å²) in [5.74, 6) is 2.72. The molecule has 0 spiro atoms. The fraction of sp³-hybridized carbons (Fsp3) is 0.529. The fourth-order valence-electron chi connectivity index (χ4n) is 3.72. The van der Waals surface area contributed by atoms with Crippen molar-refractivity contribution >= 4 is 17.7 Å². The van der Waals surface area contributed by atoms with Crippen molar-refractivity contribution in [2.45, 2.75) is 42.7 Å². The van der Waals surface area contributed by atoms with Crippen LogP contribution in [0.3, 0.4) is 0 Å². The molecule has 4 rings (SSSR count). The topological polar surface area (TPSA) is 57.3 Å². The van der Waals surface area contributed by atoms with Gasteiger partial charge in [-0.3, -0.25) is 0 Å². The Balaban J connectivity index is 1.34. The molecule has 0 amide bonds. The first-order valence-electron chi connectivity index (χ1n) is 8.09. The van der Waals surface area contributed by atoms with Gasteiger partial charge in [0, 0.05) is 19.4 Å². The Labute approximate surface area is 139 Å². The summed E-state index contributed by atoms with van der Waals surface area (Å²) in [6, 6.07) is 3.55. The summed E-state index contributed by atoms with van der Waals surface area (Å²) < 4.78 is 13.3. The summed E-state index contributed by atoms with van der Waals surface area (Å²) in [5, 5.41) is 0.924. The van der Waals surface area contributed by atoms with Crippen LogP contribution in [-0.2, 0) is 17.5 Å². The van der Waals surface area contributed by atoms with Crippen molar-refractivity contribution in [1.82, 2.24) is 9.55 Å². The fourth-order valence-corrected chi connectivity index (χ4v) is 4.54. The van der Waals surface area contributed by atoms with Gasteiger partial charge in [0.1, 0.15) is 11.9 Å². The molecule has 3 atom stereocenters. The molecule has 0 unspecified atom stereocenters. The molecule has 6 heteroatoms. The molecule has 0 saturated heterocycles. The molecule has 0 N–H and O–H groups in total. The summed E-state index contributed by atoms with van der Waals surface area (Å²) in [7, 11) is 1.95. The maximum Gasteiger partial charge on any atom is 0.374 e. The monoisotopic (exact) mass is 332 g/mol. The quantitative estimate of drug-likeness (QED) is 0.618. The van der Waals surface area contributed by atoms with E-state index in [0.29, 0.717) is 17.4 Å². The largest absolute Gasteiger partial charge is 0.456 e. The SMILES string of the molecule is Cn1ccnc1SCc1ccc(C(=O)O[C@@H]2C[C@H]3CC[C@H]2C3)o1. The number of thioether (sulfide) groups is 1. The minimum Gasteiger partial charge on any atom is -0.456 e. The molecular formula is C17H20N2O3S. The molecule has 2 aliphatic rings. The zero-order valence-corrected chi connectivity index (χ0v) is 13.9. The van der Waals surface area contributed by atoms with Crippen molar-refractivity contribution < 1.29 is 13.9 Å². The number of furan rings is 1. The molecule has 0 aromatic carbocycles. The van der Waals surface area contributed by atoms with Crippen LogP contribution in [0.2, 0.25) is 0 Å². The predicted octanol–water partition coefficient (Wildman–Crippen LogP) is 3.65. The van der Waals surface area contributed by atoms with Crippen LogP contribution >= 0.6 is 11.8 Å².